The van der Waals surface area contributed by atoms with E-state index in [2.05, 4.69) is 46.5 Å². The summed E-state index contributed by atoms with van der Waals surface area (Å²) < 4.78 is 0. The smallest absolute Gasteiger partial charge is 0.255 e. The molecule has 0 N–H and O–H groups in total. The predicted octanol–water partition coefficient (Wildman–Crippen LogP) is 5.04. The molecule has 1 aromatic carbocycles. The van der Waals surface area contributed by atoms with E-state index in [4.69, 9.17) is 0 Å². The Labute approximate surface area is 182 Å². The Hall–Kier alpha value is -1.89. The lowest BCUT2D eigenvalue weighted by atomic mass is 10.1. The molecule has 1 unspecified atom stereocenters. The van der Waals surface area contributed by atoms with Crippen LogP contribution >= 0.6 is 23.1 Å². The molecule has 29 heavy (non-hydrogen) atoms. The summed E-state index contributed by atoms with van der Waals surface area (Å²) in [6.07, 6.45) is 5.80. The molecule has 1 aliphatic heterocycles. The number of nitrogens with zero attached hydrogens (tertiary/aromatic N) is 3. The van der Waals surface area contributed by atoms with Gasteiger partial charge in [-0.25, -0.2) is 0 Å². The fourth-order valence-electron chi connectivity index (χ4n) is 3.37. The van der Waals surface area contributed by atoms with Gasteiger partial charge in [-0.1, -0.05) is 31.2 Å². The molecule has 6 heteroatoms. The molecule has 1 amide bonds. The molecule has 154 valence electrons. The molecule has 1 saturated heterocycles. The lowest BCUT2D eigenvalue weighted by Crippen LogP contribution is -2.49. The minimum absolute atomic E-state index is 0.157. The number of thiophene rings is 1. The normalized spacial score (nSPS) is 16.7. The van der Waals surface area contributed by atoms with Crippen LogP contribution in [-0.4, -0.2) is 54.6 Å². The van der Waals surface area contributed by atoms with Crippen molar-refractivity contribution in [3.05, 3.63) is 64.5 Å². The maximum absolute atomic E-state index is 13.2. The van der Waals surface area contributed by atoms with Gasteiger partial charge in [0.05, 0.1) is 5.56 Å². The highest BCUT2D eigenvalue weighted by atomic mass is 32.2. The van der Waals surface area contributed by atoms with E-state index in [9.17, 15) is 4.79 Å². The Morgan fingerprint density at radius 1 is 1.21 bits per heavy atom. The maximum atomic E-state index is 13.2. The predicted molar refractivity (Wildman–Crippen MR) is 125 cm³/mol. The number of rotatable bonds is 8. The first-order chi connectivity index (χ1) is 14.2. The standard InChI is InChI=1S/C23H29N3OS2/c1-3-24-11-10-19(2)17-25-12-14-26(15-13-25)23(27)21-8-4-5-9-22(21)29-18-20-7-6-16-28-20/h3-11,16,19H,12-15,17-18H2,1-2H3/b11-10-,24-3-. The van der Waals surface area contributed by atoms with Crippen molar-refractivity contribution in [1.29, 1.82) is 0 Å². The largest absolute Gasteiger partial charge is 0.336 e. The van der Waals surface area contributed by atoms with Crippen LogP contribution in [0, 0.1) is 5.92 Å². The second-order valence-electron chi connectivity index (χ2n) is 7.18. The summed E-state index contributed by atoms with van der Waals surface area (Å²) in [5.74, 6) is 1.52. The topological polar surface area (TPSA) is 35.9 Å². The number of amides is 1. The van der Waals surface area contributed by atoms with Gasteiger partial charge in [-0.15, -0.1) is 23.1 Å². The molecule has 4 nitrogen and oxygen atoms in total. The molecule has 1 aromatic heterocycles. The molecular weight excluding hydrogens is 398 g/mol. The van der Waals surface area contributed by atoms with Gasteiger partial charge < -0.3 is 4.90 Å². The van der Waals surface area contributed by atoms with Crippen molar-refractivity contribution in [3.8, 4) is 0 Å². The van der Waals surface area contributed by atoms with E-state index >= 15 is 0 Å². The molecule has 0 spiro atoms. The summed E-state index contributed by atoms with van der Waals surface area (Å²) in [4.78, 5) is 24.1. The molecule has 0 radical (unpaired) electrons. The number of benzene rings is 1. The average Bonchev–Trinajstić information content (AvgIpc) is 3.26. The molecule has 2 aromatic rings. The molecule has 3 rings (SSSR count). The minimum atomic E-state index is 0.157. The van der Waals surface area contributed by atoms with Crippen LogP contribution in [0.4, 0.5) is 0 Å². The summed E-state index contributed by atoms with van der Waals surface area (Å²) in [6.45, 7) is 8.55. The average molecular weight is 428 g/mol. The Kier molecular flexibility index (Phi) is 8.52. The number of thioether (sulfide) groups is 1. The third kappa shape index (κ3) is 6.56. The Bertz CT molecular complexity index is 824. The first-order valence-electron chi connectivity index (χ1n) is 10.1. The summed E-state index contributed by atoms with van der Waals surface area (Å²) in [7, 11) is 0. The van der Waals surface area contributed by atoms with Gasteiger partial charge >= 0.3 is 0 Å². The van der Waals surface area contributed by atoms with Gasteiger partial charge in [0.15, 0.2) is 0 Å². The van der Waals surface area contributed by atoms with E-state index in [1.165, 1.54) is 4.88 Å². The van der Waals surface area contributed by atoms with Crippen molar-refractivity contribution >= 4 is 35.2 Å². The maximum Gasteiger partial charge on any atom is 0.255 e. The fraction of sp³-hybridized carbons (Fsp3) is 0.391. The molecule has 0 saturated carbocycles. The van der Waals surface area contributed by atoms with Gasteiger partial charge in [0.25, 0.3) is 5.91 Å². The van der Waals surface area contributed by atoms with Crippen LogP contribution in [0.5, 0.6) is 0 Å². The van der Waals surface area contributed by atoms with Crippen molar-refractivity contribution in [3.63, 3.8) is 0 Å². The van der Waals surface area contributed by atoms with E-state index in [0.717, 1.165) is 48.9 Å². The first-order valence-corrected chi connectivity index (χ1v) is 11.9. The monoisotopic (exact) mass is 427 g/mol. The van der Waals surface area contributed by atoms with Crippen LogP contribution in [0.15, 0.2) is 63.9 Å². The lowest BCUT2D eigenvalue weighted by molar-refractivity contribution is 0.0624. The quantitative estimate of drug-likeness (QED) is 0.437. The summed E-state index contributed by atoms with van der Waals surface area (Å²) in [6, 6.07) is 12.2. The van der Waals surface area contributed by atoms with Crippen molar-refractivity contribution in [2.75, 3.05) is 32.7 Å². The lowest BCUT2D eigenvalue weighted by Gasteiger charge is -2.35. The van der Waals surface area contributed by atoms with E-state index in [0.29, 0.717) is 5.92 Å². The van der Waals surface area contributed by atoms with Crippen LogP contribution < -0.4 is 0 Å². The SMILES string of the molecule is C/C=N\C=C/C(C)CN1CCN(C(=O)c2ccccc2SCc2cccs2)CC1. The van der Waals surface area contributed by atoms with Crippen molar-refractivity contribution in [2.24, 2.45) is 10.9 Å². The Balaban J connectivity index is 1.54. The van der Waals surface area contributed by atoms with Gasteiger partial charge in [0.1, 0.15) is 0 Å². The molecule has 1 aliphatic rings. The van der Waals surface area contributed by atoms with Gasteiger partial charge in [-0.2, -0.15) is 0 Å². The molecule has 1 fully saturated rings. The second kappa shape index (κ2) is 11.3. The fourth-order valence-corrected chi connectivity index (χ4v) is 5.19. The molecular formula is C23H29N3OS2. The number of carbonyl (C=O) groups excluding carboxylic acids is 1. The number of piperazine rings is 1. The van der Waals surface area contributed by atoms with Crippen LogP contribution in [0.2, 0.25) is 0 Å². The van der Waals surface area contributed by atoms with Gasteiger partial charge in [0.2, 0.25) is 0 Å². The van der Waals surface area contributed by atoms with E-state index in [1.54, 1.807) is 29.3 Å². The highest BCUT2D eigenvalue weighted by Gasteiger charge is 2.24. The van der Waals surface area contributed by atoms with Gasteiger partial charge in [0, 0.05) is 60.7 Å². The number of hydrogen-bond acceptors (Lipinski definition) is 5. The van der Waals surface area contributed by atoms with Crippen molar-refractivity contribution < 1.29 is 4.79 Å². The number of aliphatic imine (C=N–C) groups is 1. The Morgan fingerprint density at radius 3 is 2.72 bits per heavy atom. The third-order valence-electron chi connectivity index (χ3n) is 4.92. The first kappa shape index (κ1) is 21.8. The van der Waals surface area contributed by atoms with E-state index < -0.39 is 0 Å². The molecule has 0 bridgehead atoms. The highest BCUT2D eigenvalue weighted by Crippen LogP contribution is 2.29. The zero-order valence-electron chi connectivity index (χ0n) is 17.2. The minimum Gasteiger partial charge on any atom is -0.336 e. The zero-order chi connectivity index (χ0) is 20.5. The number of hydrogen-bond donors (Lipinski definition) is 0. The molecule has 1 atom stereocenters. The van der Waals surface area contributed by atoms with Crippen molar-refractivity contribution in [2.45, 2.75) is 24.5 Å². The molecule has 0 aliphatic carbocycles. The highest BCUT2D eigenvalue weighted by molar-refractivity contribution is 7.98. The van der Waals surface area contributed by atoms with E-state index in [1.807, 2.05) is 36.2 Å². The molecule has 2 heterocycles. The van der Waals surface area contributed by atoms with Crippen molar-refractivity contribution in [1.82, 2.24) is 9.80 Å². The van der Waals surface area contributed by atoms with Crippen LogP contribution in [0.3, 0.4) is 0 Å². The number of carbonyl (C=O) groups is 1. The van der Waals surface area contributed by atoms with Gasteiger partial charge in [-0.3, -0.25) is 14.7 Å². The zero-order valence-corrected chi connectivity index (χ0v) is 18.8. The van der Waals surface area contributed by atoms with E-state index in [-0.39, 0.29) is 5.91 Å². The Morgan fingerprint density at radius 2 is 2.00 bits per heavy atom. The summed E-state index contributed by atoms with van der Waals surface area (Å²) in [5.41, 5.74) is 0.830. The van der Waals surface area contributed by atoms with Crippen LogP contribution in [-0.2, 0) is 5.75 Å². The second-order valence-corrected chi connectivity index (χ2v) is 9.23. The van der Waals surface area contributed by atoms with Crippen LogP contribution in [0.25, 0.3) is 0 Å². The third-order valence-corrected chi connectivity index (χ3v) is 7.10. The summed E-state index contributed by atoms with van der Waals surface area (Å²) >= 11 is 3.51. The summed E-state index contributed by atoms with van der Waals surface area (Å²) in [5, 5.41) is 2.10. The van der Waals surface area contributed by atoms with Crippen LogP contribution in [0.1, 0.15) is 29.1 Å². The van der Waals surface area contributed by atoms with Gasteiger partial charge in [-0.05, 0) is 36.4 Å².